The summed E-state index contributed by atoms with van der Waals surface area (Å²) in [5.74, 6) is -0.179. The number of carbonyl (C=O) groups is 1. The summed E-state index contributed by atoms with van der Waals surface area (Å²) in [7, 11) is 1.56. The minimum Gasteiger partial charge on any atom is -0.355 e. The Balaban J connectivity index is 3.13. The van der Waals surface area contributed by atoms with Gasteiger partial charge in [-0.2, -0.15) is 0 Å². The summed E-state index contributed by atoms with van der Waals surface area (Å²) >= 11 is 0. The van der Waals surface area contributed by atoms with Crippen LogP contribution in [0.15, 0.2) is 23.1 Å². The van der Waals surface area contributed by atoms with Crippen LogP contribution in [0.1, 0.15) is 17.3 Å². The number of amides is 1. The molecule has 1 heterocycles. The smallest absolute Gasteiger partial charge is 0.252 e. The van der Waals surface area contributed by atoms with Gasteiger partial charge in [0.25, 0.3) is 11.5 Å². The fourth-order valence-electron chi connectivity index (χ4n) is 1.06. The Morgan fingerprint density at radius 1 is 1.54 bits per heavy atom. The van der Waals surface area contributed by atoms with Crippen molar-refractivity contribution in [2.45, 2.75) is 13.5 Å². The number of nitrogens with one attached hydrogen (secondary N) is 1. The molecule has 4 heteroatoms. The molecule has 4 nitrogen and oxygen atoms in total. The van der Waals surface area contributed by atoms with Crippen molar-refractivity contribution < 1.29 is 4.79 Å². The third kappa shape index (κ3) is 1.96. The van der Waals surface area contributed by atoms with Crippen molar-refractivity contribution in [2.75, 3.05) is 7.05 Å². The van der Waals surface area contributed by atoms with Crippen molar-refractivity contribution in [1.82, 2.24) is 9.88 Å². The number of hydrogen-bond acceptors (Lipinski definition) is 2. The Labute approximate surface area is 76.2 Å². The van der Waals surface area contributed by atoms with Gasteiger partial charge in [0, 0.05) is 25.9 Å². The van der Waals surface area contributed by atoms with E-state index in [1.807, 2.05) is 6.92 Å². The molecule has 1 rings (SSSR count). The Morgan fingerprint density at radius 3 is 2.77 bits per heavy atom. The lowest BCUT2D eigenvalue weighted by molar-refractivity contribution is 0.0962. The molecule has 1 aromatic heterocycles. The van der Waals surface area contributed by atoms with Gasteiger partial charge in [-0.1, -0.05) is 0 Å². The summed E-state index contributed by atoms with van der Waals surface area (Å²) < 4.78 is 1.49. The van der Waals surface area contributed by atoms with E-state index in [4.69, 9.17) is 0 Å². The molecule has 1 N–H and O–H groups in total. The predicted molar refractivity (Wildman–Crippen MR) is 49.8 cm³/mol. The van der Waals surface area contributed by atoms with Crippen LogP contribution in [0.3, 0.4) is 0 Å². The highest BCUT2D eigenvalue weighted by Crippen LogP contribution is 1.94. The van der Waals surface area contributed by atoms with Gasteiger partial charge in [0.05, 0.1) is 5.56 Å². The maximum atomic E-state index is 11.2. The van der Waals surface area contributed by atoms with Crippen LogP contribution >= 0.6 is 0 Å². The van der Waals surface area contributed by atoms with E-state index >= 15 is 0 Å². The van der Waals surface area contributed by atoms with Gasteiger partial charge in [-0.15, -0.1) is 0 Å². The molecule has 0 saturated heterocycles. The van der Waals surface area contributed by atoms with Gasteiger partial charge in [0.2, 0.25) is 0 Å². The van der Waals surface area contributed by atoms with Crippen molar-refractivity contribution in [1.29, 1.82) is 0 Å². The van der Waals surface area contributed by atoms with Crippen LogP contribution in [0.2, 0.25) is 0 Å². The molecule has 13 heavy (non-hydrogen) atoms. The molecule has 0 aromatic carbocycles. The molecule has 70 valence electrons. The Hall–Kier alpha value is -1.58. The molecule has 0 bridgehead atoms. The van der Waals surface area contributed by atoms with E-state index in [-0.39, 0.29) is 11.5 Å². The van der Waals surface area contributed by atoms with Crippen LogP contribution < -0.4 is 10.9 Å². The van der Waals surface area contributed by atoms with E-state index in [2.05, 4.69) is 5.32 Å². The third-order valence-electron chi connectivity index (χ3n) is 1.81. The Bertz CT molecular complexity index is 368. The quantitative estimate of drug-likeness (QED) is 0.708. The van der Waals surface area contributed by atoms with Crippen LogP contribution in [0.4, 0.5) is 0 Å². The first-order valence-corrected chi connectivity index (χ1v) is 4.11. The first kappa shape index (κ1) is 9.51. The number of pyridine rings is 1. The highest BCUT2D eigenvalue weighted by atomic mass is 16.1. The number of carbonyl (C=O) groups excluding carboxylic acids is 1. The fraction of sp³-hybridized carbons (Fsp3) is 0.333. The molecular formula is C9H12N2O2. The van der Waals surface area contributed by atoms with Crippen molar-refractivity contribution in [3.63, 3.8) is 0 Å². The van der Waals surface area contributed by atoms with Gasteiger partial charge >= 0.3 is 0 Å². The summed E-state index contributed by atoms with van der Waals surface area (Å²) in [5, 5.41) is 2.50. The van der Waals surface area contributed by atoms with E-state index in [0.29, 0.717) is 12.1 Å². The maximum absolute atomic E-state index is 11.2. The van der Waals surface area contributed by atoms with Crippen molar-refractivity contribution in [2.24, 2.45) is 0 Å². The van der Waals surface area contributed by atoms with E-state index in [1.54, 1.807) is 13.2 Å². The molecule has 0 fully saturated rings. The number of nitrogens with zero attached hydrogens (tertiary/aromatic N) is 1. The molecule has 0 radical (unpaired) electrons. The lowest BCUT2D eigenvalue weighted by Gasteiger charge is -2.03. The van der Waals surface area contributed by atoms with E-state index in [0.717, 1.165) is 0 Å². The van der Waals surface area contributed by atoms with E-state index in [9.17, 15) is 9.59 Å². The molecule has 0 spiro atoms. The van der Waals surface area contributed by atoms with Gasteiger partial charge < -0.3 is 9.88 Å². The second-order valence-corrected chi connectivity index (χ2v) is 2.62. The number of aromatic nitrogens is 1. The monoisotopic (exact) mass is 180 g/mol. The molecule has 0 aliphatic heterocycles. The van der Waals surface area contributed by atoms with Gasteiger partial charge in [-0.3, -0.25) is 9.59 Å². The average molecular weight is 180 g/mol. The zero-order valence-corrected chi connectivity index (χ0v) is 7.70. The number of rotatable bonds is 2. The first-order chi connectivity index (χ1) is 6.19. The Morgan fingerprint density at radius 2 is 2.23 bits per heavy atom. The summed E-state index contributed by atoms with van der Waals surface area (Å²) in [6.45, 7) is 2.43. The highest BCUT2D eigenvalue weighted by molar-refractivity contribution is 5.93. The van der Waals surface area contributed by atoms with Crippen LogP contribution in [-0.2, 0) is 6.54 Å². The average Bonchev–Trinajstić information content (AvgIpc) is 2.17. The first-order valence-electron chi connectivity index (χ1n) is 4.11. The van der Waals surface area contributed by atoms with Gasteiger partial charge in [-0.05, 0) is 13.0 Å². The Kier molecular flexibility index (Phi) is 2.84. The van der Waals surface area contributed by atoms with Crippen LogP contribution in [0, 0.1) is 0 Å². The summed E-state index contributed by atoms with van der Waals surface area (Å²) in [4.78, 5) is 22.3. The van der Waals surface area contributed by atoms with Crippen molar-refractivity contribution in [3.05, 3.63) is 34.2 Å². The number of aryl methyl sites for hydroxylation is 1. The van der Waals surface area contributed by atoms with Crippen LogP contribution in [0.25, 0.3) is 0 Å². The zero-order chi connectivity index (χ0) is 9.84. The van der Waals surface area contributed by atoms with E-state index in [1.165, 1.54) is 16.7 Å². The van der Waals surface area contributed by atoms with Crippen molar-refractivity contribution in [3.8, 4) is 0 Å². The summed E-state index contributed by atoms with van der Waals surface area (Å²) in [5.41, 5.74) is 0.416. The minimum atomic E-state index is -0.179. The third-order valence-corrected chi connectivity index (χ3v) is 1.81. The van der Waals surface area contributed by atoms with E-state index < -0.39 is 0 Å². The van der Waals surface area contributed by atoms with Gasteiger partial charge in [-0.25, -0.2) is 0 Å². The molecule has 0 aliphatic carbocycles. The zero-order valence-electron chi connectivity index (χ0n) is 7.70. The highest BCUT2D eigenvalue weighted by Gasteiger charge is 2.03. The largest absolute Gasteiger partial charge is 0.355 e. The SMILES string of the molecule is CCn1cc(C(=O)NC)ccc1=O. The van der Waals surface area contributed by atoms with Crippen molar-refractivity contribution >= 4 is 5.91 Å². The number of hydrogen-bond donors (Lipinski definition) is 1. The molecule has 1 aromatic rings. The summed E-state index contributed by atoms with van der Waals surface area (Å²) in [6, 6.07) is 2.92. The van der Waals surface area contributed by atoms with Gasteiger partial charge in [0.15, 0.2) is 0 Å². The molecule has 0 atom stereocenters. The lowest BCUT2D eigenvalue weighted by Crippen LogP contribution is -2.23. The molecule has 0 unspecified atom stereocenters. The molecule has 0 saturated carbocycles. The molecule has 0 aliphatic rings. The maximum Gasteiger partial charge on any atom is 0.252 e. The standard InChI is InChI=1S/C9H12N2O2/c1-3-11-6-7(9(13)10-2)4-5-8(11)12/h4-6H,3H2,1-2H3,(H,10,13). The topological polar surface area (TPSA) is 51.1 Å². The predicted octanol–water partition coefficient (Wildman–Crippen LogP) is 0.228. The summed E-state index contributed by atoms with van der Waals surface area (Å²) in [6.07, 6.45) is 1.56. The second kappa shape index (κ2) is 3.89. The lowest BCUT2D eigenvalue weighted by atomic mass is 10.2. The normalized spacial score (nSPS) is 9.69. The van der Waals surface area contributed by atoms with Crippen LogP contribution in [0.5, 0.6) is 0 Å². The molecular weight excluding hydrogens is 168 g/mol. The minimum absolute atomic E-state index is 0.0878. The second-order valence-electron chi connectivity index (χ2n) is 2.62. The fourth-order valence-corrected chi connectivity index (χ4v) is 1.06. The molecule has 1 amide bonds. The van der Waals surface area contributed by atoms with Crippen LogP contribution in [-0.4, -0.2) is 17.5 Å². The van der Waals surface area contributed by atoms with Gasteiger partial charge in [0.1, 0.15) is 0 Å².